The Morgan fingerprint density at radius 1 is 1.44 bits per heavy atom. The molecule has 0 aliphatic carbocycles. The lowest BCUT2D eigenvalue weighted by atomic mass is 9.78. The van der Waals surface area contributed by atoms with Gasteiger partial charge in [0.2, 0.25) is 0 Å². The van der Waals surface area contributed by atoms with E-state index in [1.807, 2.05) is 38.1 Å². The maximum Gasteiger partial charge on any atom is 0.306 e. The fourth-order valence-electron chi connectivity index (χ4n) is 1.88. The van der Waals surface area contributed by atoms with E-state index >= 15 is 0 Å². The summed E-state index contributed by atoms with van der Waals surface area (Å²) in [5, 5.41) is 9.50. The highest BCUT2D eigenvalue weighted by molar-refractivity contribution is 5.71. The lowest BCUT2D eigenvalue weighted by Crippen LogP contribution is -2.31. The Morgan fingerprint density at radius 2 is 2.06 bits per heavy atom. The summed E-state index contributed by atoms with van der Waals surface area (Å²) in [6, 6.07) is 7.76. The highest BCUT2D eigenvalue weighted by Crippen LogP contribution is 2.29. The standard InChI is InChI=1S/C13H18O3/c1-10-6-4-5-7-11(10)13(2,9-14)8-12(15)16-3/h4-7,14H,8-9H2,1-3H3. The number of aryl methyl sites for hydroxylation is 1. The molecule has 0 saturated carbocycles. The molecule has 88 valence electrons. The Morgan fingerprint density at radius 3 is 2.56 bits per heavy atom. The fourth-order valence-corrected chi connectivity index (χ4v) is 1.88. The Bertz CT molecular complexity index is 373. The van der Waals surface area contributed by atoms with E-state index < -0.39 is 5.41 Å². The lowest BCUT2D eigenvalue weighted by Gasteiger charge is -2.28. The zero-order valence-corrected chi connectivity index (χ0v) is 9.99. The van der Waals surface area contributed by atoms with Crippen molar-refractivity contribution in [2.45, 2.75) is 25.7 Å². The van der Waals surface area contributed by atoms with E-state index in [9.17, 15) is 9.90 Å². The van der Waals surface area contributed by atoms with Crippen molar-refractivity contribution in [3.8, 4) is 0 Å². The molecule has 1 aromatic rings. The molecular weight excluding hydrogens is 204 g/mol. The maximum atomic E-state index is 11.3. The molecule has 1 atom stereocenters. The number of benzene rings is 1. The summed E-state index contributed by atoms with van der Waals surface area (Å²) < 4.78 is 4.66. The molecule has 0 bridgehead atoms. The molecule has 3 heteroatoms. The third-order valence-electron chi connectivity index (χ3n) is 2.91. The highest BCUT2D eigenvalue weighted by Gasteiger charge is 2.30. The molecule has 0 heterocycles. The van der Waals surface area contributed by atoms with Crippen LogP contribution in [0.15, 0.2) is 24.3 Å². The number of rotatable bonds is 4. The van der Waals surface area contributed by atoms with Gasteiger partial charge < -0.3 is 9.84 Å². The summed E-state index contributed by atoms with van der Waals surface area (Å²) in [5.41, 5.74) is 1.49. The summed E-state index contributed by atoms with van der Waals surface area (Å²) >= 11 is 0. The molecule has 16 heavy (non-hydrogen) atoms. The summed E-state index contributed by atoms with van der Waals surface area (Å²) in [4.78, 5) is 11.3. The van der Waals surface area contributed by atoms with Crippen LogP contribution in [0.1, 0.15) is 24.5 Å². The SMILES string of the molecule is COC(=O)CC(C)(CO)c1ccccc1C. The third-order valence-corrected chi connectivity index (χ3v) is 2.91. The van der Waals surface area contributed by atoms with Gasteiger partial charge in [0.25, 0.3) is 0 Å². The quantitative estimate of drug-likeness (QED) is 0.790. The third kappa shape index (κ3) is 2.61. The predicted octanol–water partition coefficient (Wildman–Crippen LogP) is 1.81. The van der Waals surface area contributed by atoms with Crippen LogP contribution in [0.2, 0.25) is 0 Å². The first-order valence-electron chi connectivity index (χ1n) is 5.27. The van der Waals surface area contributed by atoms with Crippen molar-refractivity contribution in [2.24, 2.45) is 0 Å². The minimum atomic E-state index is -0.571. The number of ether oxygens (including phenoxy) is 1. The van der Waals surface area contributed by atoms with Gasteiger partial charge in [-0.1, -0.05) is 31.2 Å². The Kier molecular flexibility index (Phi) is 4.07. The topological polar surface area (TPSA) is 46.5 Å². The van der Waals surface area contributed by atoms with Gasteiger partial charge in [-0.3, -0.25) is 4.79 Å². The Labute approximate surface area is 96.1 Å². The average molecular weight is 222 g/mol. The number of hydrogen-bond donors (Lipinski definition) is 1. The van der Waals surface area contributed by atoms with Gasteiger partial charge in [0.15, 0.2) is 0 Å². The molecule has 0 saturated heterocycles. The zero-order chi connectivity index (χ0) is 12.2. The summed E-state index contributed by atoms with van der Waals surface area (Å²) in [6.07, 6.45) is 0.185. The monoisotopic (exact) mass is 222 g/mol. The Balaban J connectivity index is 3.05. The van der Waals surface area contributed by atoms with Crippen LogP contribution >= 0.6 is 0 Å². The van der Waals surface area contributed by atoms with Crippen LogP contribution in [0.25, 0.3) is 0 Å². The van der Waals surface area contributed by atoms with Gasteiger partial charge in [0.05, 0.1) is 20.1 Å². The van der Waals surface area contributed by atoms with Crippen LogP contribution in [0.5, 0.6) is 0 Å². The molecule has 1 N–H and O–H groups in total. The van der Waals surface area contributed by atoms with Crippen molar-refractivity contribution in [1.29, 1.82) is 0 Å². The van der Waals surface area contributed by atoms with E-state index in [4.69, 9.17) is 0 Å². The van der Waals surface area contributed by atoms with E-state index in [-0.39, 0.29) is 19.0 Å². The minimum Gasteiger partial charge on any atom is -0.469 e. The largest absolute Gasteiger partial charge is 0.469 e. The molecule has 0 aromatic heterocycles. The van der Waals surface area contributed by atoms with Gasteiger partial charge >= 0.3 is 5.97 Å². The fraction of sp³-hybridized carbons (Fsp3) is 0.462. The highest BCUT2D eigenvalue weighted by atomic mass is 16.5. The van der Waals surface area contributed by atoms with Gasteiger partial charge in [-0.25, -0.2) is 0 Å². The average Bonchev–Trinajstić information content (AvgIpc) is 2.29. The number of hydrogen-bond acceptors (Lipinski definition) is 3. The molecule has 3 nitrogen and oxygen atoms in total. The second kappa shape index (κ2) is 5.12. The first kappa shape index (κ1) is 12.7. The lowest BCUT2D eigenvalue weighted by molar-refractivity contribution is -0.142. The number of carbonyl (C=O) groups is 1. The second-order valence-electron chi connectivity index (χ2n) is 4.29. The maximum absolute atomic E-state index is 11.3. The normalized spacial score (nSPS) is 14.2. The molecule has 0 radical (unpaired) electrons. The molecule has 0 aliphatic rings. The van der Waals surface area contributed by atoms with E-state index in [1.165, 1.54) is 7.11 Å². The van der Waals surface area contributed by atoms with Crippen molar-refractivity contribution >= 4 is 5.97 Å². The first-order valence-corrected chi connectivity index (χ1v) is 5.27. The Hall–Kier alpha value is -1.35. The molecule has 0 fully saturated rings. The molecule has 0 spiro atoms. The number of methoxy groups -OCH3 is 1. The summed E-state index contributed by atoms with van der Waals surface area (Å²) in [6.45, 7) is 3.76. The van der Waals surface area contributed by atoms with E-state index in [0.29, 0.717) is 0 Å². The molecular formula is C13H18O3. The number of esters is 1. The number of aliphatic hydroxyl groups excluding tert-OH is 1. The van der Waals surface area contributed by atoms with Crippen molar-refractivity contribution in [1.82, 2.24) is 0 Å². The summed E-state index contributed by atoms with van der Waals surface area (Å²) in [5.74, 6) is -0.306. The van der Waals surface area contributed by atoms with Crippen LogP contribution < -0.4 is 0 Å². The summed E-state index contributed by atoms with van der Waals surface area (Å²) in [7, 11) is 1.36. The zero-order valence-electron chi connectivity index (χ0n) is 9.99. The van der Waals surface area contributed by atoms with Gasteiger partial charge in [-0.15, -0.1) is 0 Å². The van der Waals surface area contributed by atoms with Crippen molar-refractivity contribution < 1.29 is 14.6 Å². The van der Waals surface area contributed by atoms with Crippen LogP contribution in [0.4, 0.5) is 0 Å². The van der Waals surface area contributed by atoms with Gasteiger partial charge in [0, 0.05) is 5.41 Å². The van der Waals surface area contributed by atoms with Crippen LogP contribution in [0, 0.1) is 6.92 Å². The molecule has 1 unspecified atom stereocenters. The smallest absolute Gasteiger partial charge is 0.306 e. The van der Waals surface area contributed by atoms with Crippen molar-refractivity contribution in [3.63, 3.8) is 0 Å². The minimum absolute atomic E-state index is 0.0764. The van der Waals surface area contributed by atoms with Gasteiger partial charge in [-0.05, 0) is 18.1 Å². The van der Waals surface area contributed by atoms with Crippen LogP contribution in [0.3, 0.4) is 0 Å². The first-order chi connectivity index (χ1) is 7.53. The van der Waals surface area contributed by atoms with Crippen molar-refractivity contribution in [3.05, 3.63) is 35.4 Å². The molecule has 1 aromatic carbocycles. The molecule has 1 rings (SSSR count). The van der Waals surface area contributed by atoms with Gasteiger partial charge in [-0.2, -0.15) is 0 Å². The van der Waals surface area contributed by atoms with E-state index in [0.717, 1.165) is 11.1 Å². The second-order valence-corrected chi connectivity index (χ2v) is 4.29. The number of carbonyl (C=O) groups excluding carboxylic acids is 1. The van der Waals surface area contributed by atoms with Crippen LogP contribution in [-0.2, 0) is 14.9 Å². The number of aliphatic hydroxyl groups is 1. The predicted molar refractivity (Wildman–Crippen MR) is 62.2 cm³/mol. The van der Waals surface area contributed by atoms with Crippen molar-refractivity contribution in [2.75, 3.05) is 13.7 Å². The van der Waals surface area contributed by atoms with Gasteiger partial charge in [0.1, 0.15) is 0 Å². The van der Waals surface area contributed by atoms with E-state index in [1.54, 1.807) is 0 Å². The molecule has 0 amide bonds. The molecule has 0 aliphatic heterocycles. The van der Waals surface area contributed by atoms with Crippen LogP contribution in [-0.4, -0.2) is 24.8 Å². The van der Waals surface area contributed by atoms with E-state index in [2.05, 4.69) is 4.74 Å².